The molecule has 1 aliphatic heterocycles. The zero-order valence-electron chi connectivity index (χ0n) is 11.2. The number of ether oxygens (including phenoxy) is 2. The molecule has 0 unspecified atom stereocenters. The summed E-state index contributed by atoms with van der Waals surface area (Å²) in [4.78, 5) is 14.3. The fraction of sp³-hybridized carbons (Fsp3) is 0.923. The van der Waals surface area contributed by atoms with Crippen LogP contribution in [0.2, 0.25) is 0 Å². The third kappa shape index (κ3) is 2.53. The molecule has 1 heterocycles. The van der Waals surface area contributed by atoms with Crippen molar-refractivity contribution >= 4 is 5.97 Å². The van der Waals surface area contributed by atoms with Gasteiger partial charge in [0.1, 0.15) is 6.04 Å². The van der Waals surface area contributed by atoms with Crippen LogP contribution in [0.5, 0.6) is 0 Å². The maximum absolute atomic E-state index is 12.0. The molecular weight excluding hydrogens is 232 g/mol. The number of nitrogens with two attached hydrogens (primary N) is 1. The van der Waals surface area contributed by atoms with E-state index in [2.05, 4.69) is 4.90 Å². The molecule has 1 atom stereocenters. The van der Waals surface area contributed by atoms with Crippen LogP contribution >= 0.6 is 0 Å². The second kappa shape index (κ2) is 5.99. The van der Waals surface area contributed by atoms with Crippen LogP contribution in [0.3, 0.4) is 0 Å². The number of carbonyl (C=O) groups is 1. The molecule has 2 N–H and O–H groups in total. The second-order valence-corrected chi connectivity index (χ2v) is 5.14. The third-order valence-corrected chi connectivity index (χ3v) is 4.23. The van der Waals surface area contributed by atoms with Crippen LogP contribution in [0.15, 0.2) is 0 Å². The summed E-state index contributed by atoms with van der Waals surface area (Å²) in [6.07, 6.45) is 4.27. The molecule has 2 fully saturated rings. The van der Waals surface area contributed by atoms with Crippen LogP contribution in [0.1, 0.15) is 32.6 Å². The van der Waals surface area contributed by atoms with Crippen molar-refractivity contribution in [2.75, 3.05) is 32.9 Å². The van der Waals surface area contributed by atoms with Crippen LogP contribution in [0.25, 0.3) is 0 Å². The summed E-state index contributed by atoms with van der Waals surface area (Å²) in [6.45, 7) is 5.42. The van der Waals surface area contributed by atoms with Crippen LogP contribution in [0.4, 0.5) is 0 Å². The molecule has 0 aromatic heterocycles. The molecule has 0 spiro atoms. The van der Waals surface area contributed by atoms with E-state index in [9.17, 15) is 4.79 Å². The Morgan fingerprint density at radius 2 is 2.00 bits per heavy atom. The van der Waals surface area contributed by atoms with Crippen molar-refractivity contribution in [2.24, 2.45) is 5.73 Å². The summed E-state index contributed by atoms with van der Waals surface area (Å²) >= 11 is 0. The Bertz CT molecular complexity index is 284. The topological polar surface area (TPSA) is 64.8 Å². The van der Waals surface area contributed by atoms with E-state index in [4.69, 9.17) is 15.2 Å². The smallest absolute Gasteiger partial charge is 0.324 e. The minimum absolute atomic E-state index is 0.198. The van der Waals surface area contributed by atoms with Crippen LogP contribution in [-0.2, 0) is 14.3 Å². The Morgan fingerprint density at radius 3 is 2.56 bits per heavy atom. The molecule has 5 heteroatoms. The van der Waals surface area contributed by atoms with E-state index in [1.165, 1.54) is 0 Å². The number of hydrogen-bond acceptors (Lipinski definition) is 5. The first-order valence-electron chi connectivity index (χ1n) is 6.96. The summed E-state index contributed by atoms with van der Waals surface area (Å²) in [6, 6.07) is -0.530. The second-order valence-electron chi connectivity index (χ2n) is 5.14. The lowest BCUT2D eigenvalue weighted by molar-refractivity contribution is -0.150. The average molecular weight is 256 g/mol. The average Bonchev–Trinajstić information content (AvgIpc) is 2.90. The summed E-state index contributed by atoms with van der Waals surface area (Å²) < 4.78 is 10.5. The van der Waals surface area contributed by atoms with Gasteiger partial charge in [-0.25, -0.2) is 0 Å². The van der Waals surface area contributed by atoms with Gasteiger partial charge in [-0.15, -0.1) is 0 Å². The molecule has 0 aromatic carbocycles. The third-order valence-electron chi connectivity index (χ3n) is 4.23. The maximum atomic E-state index is 12.0. The van der Waals surface area contributed by atoms with Gasteiger partial charge in [0.15, 0.2) is 0 Å². The lowest BCUT2D eigenvalue weighted by Gasteiger charge is -2.45. The zero-order chi connectivity index (χ0) is 13.0. The lowest BCUT2D eigenvalue weighted by Crippen LogP contribution is -2.64. The fourth-order valence-corrected chi connectivity index (χ4v) is 3.27. The first-order valence-corrected chi connectivity index (χ1v) is 6.96. The number of rotatable bonds is 4. The van der Waals surface area contributed by atoms with Crippen molar-refractivity contribution in [3.63, 3.8) is 0 Å². The Balaban J connectivity index is 2.12. The molecule has 2 aliphatic rings. The summed E-state index contributed by atoms with van der Waals surface area (Å²) in [5.41, 5.74) is 6.02. The fourth-order valence-electron chi connectivity index (χ4n) is 3.27. The van der Waals surface area contributed by atoms with E-state index in [1.54, 1.807) is 0 Å². The van der Waals surface area contributed by atoms with Gasteiger partial charge < -0.3 is 15.2 Å². The number of carbonyl (C=O) groups excluding carboxylic acids is 1. The molecular formula is C13H24N2O3. The monoisotopic (exact) mass is 256 g/mol. The van der Waals surface area contributed by atoms with Gasteiger partial charge in [-0.3, -0.25) is 9.69 Å². The molecule has 18 heavy (non-hydrogen) atoms. The van der Waals surface area contributed by atoms with E-state index in [-0.39, 0.29) is 11.5 Å². The predicted molar refractivity (Wildman–Crippen MR) is 68.2 cm³/mol. The first kappa shape index (κ1) is 13.8. The Morgan fingerprint density at radius 1 is 1.39 bits per heavy atom. The van der Waals surface area contributed by atoms with Gasteiger partial charge >= 0.3 is 5.97 Å². The number of hydrogen-bond donors (Lipinski definition) is 1. The van der Waals surface area contributed by atoms with Gasteiger partial charge in [-0.2, -0.15) is 0 Å². The Kier molecular flexibility index (Phi) is 4.59. The first-order chi connectivity index (χ1) is 8.70. The molecule has 5 nitrogen and oxygen atoms in total. The lowest BCUT2D eigenvalue weighted by atomic mass is 9.86. The predicted octanol–water partition coefficient (Wildman–Crippen LogP) is 0.522. The normalized spacial score (nSPS) is 25.9. The molecule has 0 bridgehead atoms. The molecule has 1 aliphatic carbocycles. The van der Waals surface area contributed by atoms with E-state index in [0.717, 1.165) is 52.0 Å². The molecule has 1 saturated carbocycles. The molecule has 1 saturated heterocycles. The summed E-state index contributed by atoms with van der Waals surface area (Å²) in [7, 11) is 0. The summed E-state index contributed by atoms with van der Waals surface area (Å²) in [5.74, 6) is -0.258. The Labute approximate surface area is 109 Å². The van der Waals surface area contributed by atoms with E-state index >= 15 is 0 Å². The highest BCUT2D eigenvalue weighted by Crippen LogP contribution is 2.38. The van der Waals surface area contributed by atoms with Crippen molar-refractivity contribution in [1.82, 2.24) is 4.90 Å². The number of nitrogens with zero attached hydrogens (tertiary/aromatic N) is 1. The molecule has 2 rings (SSSR count). The van der Waals surface area contributed by atoms with Gasteiger partial charge in [0.2, 0.25) is 0 Å². The van der Waals surface area contributed by atoms with Gasteiger partial charge in [-0.1, -0.05) is 12.8 Å². The van der Waals surface area contributed by atoms with Gasteiger partial charge in [0.05, 0.1) is 19.8 Å². The van der Waals surface area contributed by atoms with Crippen molar-refractivity contribution in [3.8, 4) is 0 Å². The van der Waals surface area contributed by atoms with Gasteiger partial charge in [0, 0.05) is 18.6 Å². The molecule has 0 radical (unpaired) electrons. The summed E-state index contributed by atoms with van der Waals surface area (Å²) in [5, 5.41) is 0. The molecule has 0 amide bonds. The van der Waals surface area contributed by atoms with Crippen molar-refractivity contribution in [3.05, 3.63) is 0 Å². The SMILES string of the molecule is CCOC(=O)[C@@H](N)C1(N2CCOCC2)CCCC1. The van der Waals surface area contributed by atoms with Crippen molar-refractivity contribution < 1.29 is 14.3 Å². The highest BCUT2D eigenvalue weighted by atomic mass is 16.5. The van der Waals surface area contributed by atoms with E-state index in [0.29, 0.717) is 6.61 Å². The minimum atomic E-state index is -0.530. The van der Waals surface area contributed by atoms with Crippen molar-refractivity contribution in [1.29, 1.82) is 0 Å². The highest BCUT2D eigenvalue weighted by Gasteiger charge is 2.48. The Hall–Kier alpha value is -0.650. The number of morpholine rings is 1. The molecule has 104 valence electrons. The maximum Gasteiger partial charge on any atom is 0.324 e. The largest absolute Gasteiger partial charge is 0.465 e. The van der Waals surface area contributed by atoms with Gasteiger partial charge in [0.25, 0.3) is 0 Å². The van der Waals surface area contributed by atoms with Gasteiger partial charge in [-0.05, 0) is 19.8 Å². The van der Waals surface area contributed by atoms with Crippen LogP contribution in [0, 0.1) is 0 Å². The van der Waals surface area contributed by atoms with Crippen molar-refractivity contribution in [2.45, 2.75) is 44.2 Å². The molecule has 0 aromatic rings. The van der Waals surface area contributed by atoms with Crippen LogP contribution < -0.4 is 5.73 Å². The zero-order valence-corrected chi connectivity index (χ0v) is 11.2. The highest BCUT2D eigenvalue weighted by molar-refractivity contribution is 5.77. The quantitative estimate of drug-likeness (QED) is 0.743. The van der Waals surface area contributed by atoms with E-state index in [1.807, 2.05) is 6.92 Å². The standard InChI is InChI=1S/C13H24N2O3/c1-2-18-12(16)11(14)13(5-3-4-6-13)15-7-9-17-10-8-15/h11H,2-10,14H2,1H3/t11-/m1/s1. The van der Waals surface area contributed by atoms with Crippen LogP contribution in [-0.4, -0.2) is 55.4 Å². The minimum Gasteiger partial charge on any atom is -0.465 e. The van der Waals surface area contributed by atoms with E-state index < -0.39 is 6.04 Å². The number of esters is 1.